The second kappa shape index (κ2) is 3.11. The molecule has 0 N–H and O–H groups in total. The Morgan fingerprint density at radius 1 is 0.706 bits per heavy atom. The Morgan fingerprint density at radius 3 is 2.59 bits per heavy atom. The van der Waals surface area contributed by atoms with E-state index in [2.05, 4.69) is 71.4 Å². The highest BCUT2D eigenvalue weighted by Gasteiger charge is 2.11. The second-order valence-electron chi connectivity index (χ2n) is 4.37. The molecule has 2 heterocycles. The van der Waals surface area contributed by atoms with Crippen LogP contribution in [0.5, 0.6) is 0 Å². The number of hydrogen-bond acceptors (Lipinski definition) is 0. The van der Waals surface area contributed by atoms with Gasteiger partial charge in [0.05, 0.1) is 5.52 Å². The van der Waals surface area contributed by atoms with Gasteiger partial charge in [0.25, 0.3) is 0 Å². The Balaban J connectivity index is 2.28. The molecule has 4 rings (SSSR count). The molecule has 2 aromatic rings. The van der Waals surface area contributed by atoms with Gasteiger partial charge in [-0.1, -0.05) is 30.3 Å². The molecule has 1 aromatic carbocycles. The van der Waals surface area contributed by atoms with Gasteiger partial charge >= 0.3 is 0 Å². The van der Waals surface area contributed by atoms with Crippen LogP contribution < -0.4 is 0 Å². The molecular weight excluding hydrogens is 206 g/mol. The minimum Gasteiger partial charge on any atom is -0.323 e. The Hall–Kier alpha value is -2.28. The average molecular weight is 217 g/mol. The van der Waals surface area contributed by atoms with Gasteiger partial charge < -0.3 is 4.40 Å². The monoisotopic (exact) mass is 217 g/mol. The van der Waals surface area contributed by atoms with E-state index in [9.17, 15) is 0 Å². The van der Waals surface area contributed by atoms with Crippen molar-refractivity contribution in [2.45, 2.75) is 0 Å². The Morgan fingerprint density at radius 2 is 1.59 bits per heavy atom. The fraction of sp³-hybridized carbons (Fsp3) is 0. The van der Waals surface area contributed by atoms with E-state index in [1.807, 2.05) is 0 Å². The summed E-state index contributed by atoms with van der Waals surface area (Å²) in [5.41, 5.74) is 3.93. The largest absolute Gasteiger partial charge is 0.323 e. The van der Waals surface area contributed by atoms with Gasteiger partial charge in [-0.25, -0.2) is 0 Å². The molecule has 0 saturated carbocycles. The summed E-state index contributed by atoms with van der Waals surface area (Å²) in [5, 5.41) is 2.66. The average Bonchev–Trinajstić information content (AvgIpc) is 2.78. The lowest BCUT2D eigenvalue weighted by Crippen LogP contribution is -1.89. The number of benzene rings is 1. The fourth-order valence-corrected chi connectivity index (χ4v) is 2.61. The maximum absolute atomic E-state index is 2.28. The molecule has 17 heavy (non-hydrogen) atoms. The Bertz CT molecular complexity index is 795. The molecule has 0 amide bonds. The van der Waals surface area contributed by atoms with Crippen molar-refractivity contribution in [1.82, 2.24) is 4.40 Å². The highest BCUT2D eigenvalue weighted by atomic mass is 14.8. The standard InChI is InChI=1S/C16H11N/c1-2-6-13-12(5-1)11-15-14(13)8-10-17-9-4-3-7-16(15)17/h1-11H. The molecule has 1 aliphatic heterocycles. The summed E-state index contributed by atoms with van der Waals surface area (Å²) in [6.07, 6.45) is 4.22. The van der Waals surface area contributed by atoms with Crippen molar-refractivity contribution in [3.8, 4) is 11.1 Å². The zero-order chi connectivity index (χ0) is 11.2. The predicted molar refractivity (Wildman–Crippen MR) is 71.5 cm³/mol. The van der Waals surface area contributed by atoms with Crippen LogP contribution in [0.1, 0.15) is 0 Å². The molecule has 0 radical (unpaired) electrons. The maximum Gasteiger partial charge on any atom is 0.0528 e. The highest BCUT2D eigenvalue weighted by Crippen LogP contribution is 2.36. The first-order valence-corrected chi connectivity index (χ1v) is 5.81. The lowest BCUT2D eigenvalue weighted by Gasteiger charge is -2.06. The highest BCUT2D eigenvalue weighted by molar-refractivity contribution is 6.06. The van der Waals surface area contributed by atoms with Gasteiger partial charge in [0, 0.05) is 18.0 Å². The lowest BCUT2D eigenvalue weighted by atomic mass is 10.1. The van der Waals surface area contributed by atoms with Crippen LogP contribution in [0.2, 0.25) is 0 Å². The third-order valence-electron chi connectivity index (χ3n) is 3.41. The van der Waals surface area contributed by atoms with Crippen LogP contribution in [0.3, 0.4) is 0 Å². The molecule has 0 unspecified atom stereocenters. The summed E-state index contributed by atoms with van der Waals surface area (Å²) in [6, 6.07) is 19.4. The van der Waals surface area contributed by atoms with E-state index < -0.39 is 0 Å². The molecule has 1 nitrogen and oxygen atoms in total. The molecule has 2 aliphatic rings. The number of fused-ring (bicyclic) bond motifs is 5. The van der Waals surface area contributed by atoms with Crippen LogP contribution in [0.25, 0.3) is 27.4 Å². The normalized spacial score (nSPS) is 11.5. The number of pyridine rings is 2. The number of aromatic nitrogens is 1. The van der Waals surface area contributed by atoms with E-state index >= 15 is 0 Å². The van der Waals surface area contributed by atoms with E-state index in [0.29, 0.717) is 0 Å². The Labute approximate surface area is 99.3 Å². The number of nitrogens with zero attached hydrogens (tertiary/aromatic N) is 1. The van der Waals surface area contributed by atoms with Crippen molar-refractivity contribution >= 4 is 16.3 Å². The third-order valence-corrected chi connectivity index (χ3v) is 3.41. The predicted octanol–water partition coefficient (Wildman–Crippen LogP) is 4.20. The van der Waals surface area contributed by atoms with Gasteiger partial charge in [-0.05, 0) is 40.6 Å². The smallest absolute Gasteiger partial charge is 0.0528 e. The van der Waals surface area contributed by atoms with Gasteiger partial charge in [0.2, 0.25) is 0 Å². The summed E-state index contributed by atoms with van der Waals surface area (Å²) in [4.78, 5) is 0. The van der Waals surface area contributed by atoms with Gasteiger partial charge in [0.1, 0.15) is 0 Å². The molecule has 1 aliphatic carbocycles. The van der Waals surface area contributed by atoms with Crippen molar-refractivity contribution < 1.29 is 0 Å². The molecule has 0 saturated heterocycles. The topological polar surface area (TPSA) is 4.41 Å². The van der Waals surface area contributed by atoms with Crippen molar-refractivity contribution in [2.75, 3.05) is 0 Å². The van der Waals surface area contributed by atoms with Crippen molar-refractivity contribution in [1.29, 1.82) is 0 Å². The summed E-state index contributed by atoms with van der Waals surface area (Å²) in [7, 11) is 0. The third kappa shape index (κ3) is 1.14. The van der Waals surface area contributed by atoms with Crippen LogP contribution >= 0.6 is 0 Å². The minimum absolute atomic E-state index is 1.27. The molecule has 0 spiro atoms. The molecule has 0 bridgehead atoms. The van der Waals surface area contributed by atoms with E-state index in [4.69, 9.17) is 0 Å². The zero-order valence-corrected chi connectivity index (χ0v) is 9.30. The van der Waals surface area contributed by atoms with Crippen LogP contribution in [-0.2, 0) is 0 Å². The summed E-state index contributed by atoms with van der Waals surface area (Å²) >= 11 is 0. The second-order valence-corrected chi connectivity index (χ2v) is 4.37. The Kier molecular flexibility index (Phi) is 1.61. The van der Waals surface area contributed by atoms with Crippen LogP contribution in [0.15, 0.2) is 67.0 Å². The van der Waals surface area contributed by atoms with E-state index in [1.54, 1.807) is 0 Å². The SMILES string of the molecule is c1ccc2c3ccn4ccccc4c-3cc2c1. The van der Waals surface area contributed by atoms with Crippen molar-refractivity contribution in [3.63, 3.8) is 0 Å². The van der Waals surface area contributed by atoms with Crippen LogP contribution in [-0.4, -0.2) is 4.40 Å². The number of hydrogen-bond donors (Lipinski definition) is 0. The van der Waals surface area contributed by atoms with Gasteiger partial charge in [-0.15, -0.1) is 0 Å². The molecule has 1 heteroatoms. The molecule has 1 aromatic heterocycles. The van der Waals surface area contributed by atoms with Crippen LogP contribution in [0, 0.1) is 0 Å². The molecule has 0 atom stereocenters. The summed E-state index contributed by atoms with van der Waals surface area (Å²) < 4.78 is 2.17. The molecule has 80 valence electrons. The minimum atomic E-state index is 1.27. The van der Waals surface area contributed by atoms with Crippen molar-refractivity contribution in [3.05, 3.63) is 67.0 Å². The van der Waals surface area contributed by atoms with Gasteiger partial charge in [0.15, 0.2) is 0 Å². The number of rotatable bonds is 0. The first kappa shape index (κ1) is 8.82. The first-order valence-electron chi connectivity index (χ1n) is 5.81. The van der Waals surface area contributed by atoms with Crippen LogP contribution in [0.4, 0.5) is 0 Å². The zero-order valence-electron chi connectivity index (χ0n) is 9.30. The maximum atomic E-state index is 2.28. The van der Waals surface area contributed by atoms with E-state index in [1.165, 1.54) is 27.4 Å². The van der Waals surface area contributed by atoms with Gasteiger partial charge in [-0.3, -0.25) is 0 Å². The first-order chi connectivity index (χ1) is 8.43. The molecule has 0 fully saturated rings. The quantitative estimate of drug-likeness (QED) is 0.416. The molecular formula is C16H11N. The van der Waals surface area contributed by atoms with E-state index in [0.717, 1.165) is 0 Å². The van der Waals surface area contributed by atoms with E-state index in [-0.39, 0.29) is 0 Å². The summed E-state index contributed by atoms with van der Waals surface area (Å²) in [5.74, 6) is 0. The fourth-order valence-electron chi connectivity index (χ4n) is 2.61. The van der Waals surface area contributed by atoms with Crippen molar-refractivity contribution in [2.24, 2.45) is 0 Å². The van der Waals surface area contributed by atoms with Gasteiger partial charge in [-0.2, -0.15) is 0 Å². The summed E-state index contributed by atoms with van der Waals surface area (Å²) in [6.45, 7) is 0. The lowest BCUT2D eigenvalue weighted by molar-refractivity contribution is 1.17.